The monoisotopic (exact) mass is 423 g/mol. The largest absolute Gasteiger partial charge is 0.496 e. The lowest BCUT2D eigenvalue weighted by Gasteiger charge is -2.16. The number of hydrogen-bond acceptors (Lipinski definition) is 3. The summed E-state index contributed by atoms with van der Waals surface area (Å²) in [6, 6.07) is 22.9. The number of amides is 1. The van der Waals surface area contributed by atoms with Gasteiger partial charge in [-0.1, -0.05) is 41.9 Å². The first kappa shape index (κ1) is 21.7. The smallest absolute Gasteiger partial charge is 0.251 e. The second-order valence-corrected chi connectivity index (χ2v) is 7.60. The Kier molecular flexibility index (Phi) is 7.75. The summed E-state index contributed by atoms with van der Waals surface area (Å²) in [7, 11) is 1.60. The van der Waals surface area contributed by atoms with Crippen LogP contribution >= 0.6 is 11.6 Å². The standard InChI is InChI=1S/C25H26ClNO3/c1-18(8-9-19-6-4-3-5-7-19)27-25(28)20-10-15-24(29-2)21(16-20)17-30-23-13-11-22(26)12-14-23/h3-7,10-16,18H,8-9,17H2,1-2H3,(H,27,28)/t18-/m1/s1. The fraction of sp³-hybridized carbons (Fsp3) is 0.240. The van der Waals surface area contributed by atoms with Crippen molar-refractivity contribution in [1.29, 1.82) is 0 Å². The van der Waals surface area contributed by atoms with Crippen molar-refractivity contribution in [2.45, 2.75) is 32.4 Å². The molecule has 1 N–H and O–H groups in total. The molecule has 0 spiro atoms. The van der Waals surface area contributed by atoms with Gasteiger partial charge in [0.15, 0.2) is 0 Å². The Hall–Kier alpha value is -2.98. The number of nitrogens with one attached hydrogen (secondary N) is 1. The molecule has 0 unspecified atom stereocenters. The van der Waals surface area contributed by atoms with Crippen LogP contribution in [0.5, 0.6) is 11.5 Å². The molecule has 0 aromatic heterocycles. The summed E-state index contributed by atoms with van der Waals surface area (Å²) in [4.78, 5) is 12.7. The van der Waals surface area contributed by atoms with E-state index in [9.17, 15) is 4.79 Å². The van der Waals surface area contributed by atoms with Crippen LogP contribution in [0.15, 0.2) is 72.8 Å². The topological polar surface area (TPSA) is 47.6 Å². The average molecular weight is 424 g/mol. The van der Waals surface area contributed by atoms with E-state index in [0.717, 1.165) is 18.4 Å². The number of ether oxygens (including phenoxy) is 2. The molecule has 1 amide bonds. The molecule has 3 rings (SSSR count). The van der Waals surface area contributed by atoms with E-state index in [-0.39, 0.29) is 18.6 Å². The lowest BCUT2D eigenvalue weighted by Crippen LogP contribution is -2.33. The highest BCUT2D eigenvalue weighted by Gasteiger charge is 2.13. The van der Waals surface area contributed by atoms with Gasteiger partial charge in [0.1, 0.15) is 18.1 Å². The van der Waals surface area contributed by atoms with Gasteiger partial charge in [0, 0.05) is 22.2 Å². The summed E-state index contributed by atoms with van der Waals surface area (Å²) in [6.07, 6.45) is 1.80. The molecular weight excluding hydrogens is 398 g/mol. The van der Waals surface area contributed by atoms with Gasteiger partial charge in [-0.3, -0.25) is 4.79 Å². The van der Waals surface area contributed by atoms with Crippen LogP contribution in [0.25, 0.3) is 0 Å². The van der Waals surface area contributed by atoms with Gasteiger partial charge in [-0.2, -0.15) is 0 Å². The van der Waals surface area contributed by atoms with Gasteiger partial charge >= 0.3 is 0 Å². The molecule has 0 aliphatic carbocycles. The minimum Gasteiger partial charge on any atom is -0.496 e. The van der Waals surface area contributed by atoms with E-state index >= 15 is 0 Å². The Morgan fingerprint density at radius 3 is 2.47 bits per heavy atom. The normalized spacial score (nSPS) is 11.6. The summed E-state index contributed by atoms with van der Waals surface area (Å²) in [6.45, 7) is 2.31. The molecule has 0 aliphatic heterocycles. The Balaban J connectivity index is 1.61. The molecule has 0 radical (unpaired) electrons. The maximum atomic E-state index is 12.7. The van der Waals surface area contributed by atoms with Gasteiger partial charge in [-0.05, 0) is 67.8 Å². The summed E-state index contributed by atoms with van der Waals surface area (Å²) in [5, 5.41) is 3.73. The molecule has 0 aliphatic rings. The van der Waals surface area contributed by atoms with Crippen molar-refractivity contribution in [1.82, 2.24) is 5.32 Å². The minimum absolute atomic E-state index is 0.0635. The molecule has 30 heavy (non-hydrogen) atoms. The minimum atomic E-state index is -0.106. The zero-order chi connectivity index (χ0) is 21.3. The quantitative estimate of drug-likeness (QED) is 0.481. The molecule has 3 aromatic carbocycles. The third-order valence-corrected chi connectivity index (χ3v) is 5.09. The Bertz CT molecular complexity index is 958. The van der Waals surface area contributed by atoms with Crippen LogP contribution in [0.4, 0.5) is 0 Å². The second-order valence-electron chi connectivity index (χ2n) is 7.17. The van der Waals surface area contributed by atoms with Crippen LogP contribution in [-0.2, 0) is 13.0 Å². The van der Waals surface area contributed by atoms with Gasteiger partial charge in [-0.15, -0.1) is 0 Å². The van der Waals surface area contributed by atoms with E-state index in [1.807, 2.05) is 31.2 Å². The van der Waals surface area contributed by atoms with Crippen LogP contribution in [0.1, 0.15) is 34.8 Å². The van der Waals surface area contributed by atoms with Gasteiger partial charge in [-0.25, -0.2) is 0 Å². The zero-order valence-corrected chi connectivity index (χ0v) is 18.0. The van der Waals surface area contributed by atoms with Crippen molar-refractivity contribution in [2.24, 2.45) is 0 Å². The first-order chi connectivity index (χ1) is 14.5. The highest BCUT2D eigenvalue weighted by atomic mass is 35.5. The van der Waals surface area contributed by atoms with E-state index in [2.05, 4.69) is 17.4 Å². The third kappa shape index (κ3) is 6.26. The maximum Gasteiger partial charge on any atom is 0.251 e. The van der Waals surface area contributed by atoms with E-state index in [0.29, 0.717) is 22.1 Å². The number of benzene rings is 3. The molecule has 0 fully saturated rings. The highest BCUT2D eigenvalue weighted by molar-refractivity contribution is 6.30. The van der Waals surface area contributed by atoms with Crippen molar-refractivity contribution in [3.05, 3.63) is 94.5 Å². The number of halogens is 1. The summed E-state index contributed by atoms with van der Waals surface area (Å²) in [5.41, 5.74) is 2.65. The number of carbonyl (C=O) groups excluding carboxylic acids is 1. The number of carbonyl (C=O) groups is 1. The molecule has 3 aromatic rings. The molecule has 0 heterocycles. The van der Waals surface area contributed by atoms with Crippen LogP contribution < -0.4 is 14.8 Å². The lowest BCUT2D eigenvalue weighted by molar-refractivity contribution is 0.0938. The Morgan fingerprint density at radius 2 is 1.77 bits per heavy atom. The van der Waals surface area contributed by atoms with E-state index in [4.69, 9.17) is 21.1 Å². The lowest BCUT2D eigenvalue weighted by atomic mass is 10.1. The van der Waals surface area contributed by atoms with E-state index in [1.54, 1.807) is 43.5 Å². The Morgan fingerprint density at radius 1 is 1.03 bits per heavy atom. The fourth-order valence-electron chi connectivity index (χ4n) is 3.13. The Labute approximate surface area is 182 Å². The highest BCUT2D eigenvalue weighted by Crippen LogP contribution is 2.23. The van der Waals surface area contributed by atoms with Crippen molar-refractivity contribution in [3.63, 3.8) is 0 Å². The number of hydrogen-bond donors (Lipinski definition) is 1. The molecule has 0 saturated carbocycles. The molecule has 1 atom stereocenters. The van der Waals surface area contributed by atoms with Gasteiger partial charge < -0.3 is 14.8 Å². The van der Waals surface area contributed by atoms with E-state index < -0.39 is 0 Å². The molecule has 5 heteroatoms. The first-order valence-corrected chi connectivity index (χ1v) is 10.3. The fourth-order valence-corrected chi connectivity index (χ4v) is 3.26. The zero-order valence-electron chi connectivity index (χ0n) is 17.2. The molecule has 156 valence electrons. The number of rotatable bonds is 9. The SMILES string of the molecule is COc1ccc(C(=O)N[C@H](C)CCc2ccccc2)cc1COc1ccc(Cl)cc1. The van der Waals surface area contributed by atoms with Crippen LogP contribution in [0, 0.1) is 0 Å². The summed E-state index contributed by atoms with van der Waals surface area (Å²) in [5.74, 6) is 1.27. The average Bonchev–Trinajstić information content (AvgIpc) is 2.77. The molecule has 4 nitrogen and oxygen atoms in total. The predicted molar refractivity (Wildman–Crippen MR) is 120 cm³/mol. The molecule has 0 saturated heterocycles. The predicted octanol–water partition coefficient (Wildman–Crippen LogP) is 5.68. The van der Waals surface area contributed by atoms with Crippen molar-refractivity contribution >= 4 is 17.5 Å². The van der Waals surface area contributed by atoms with Crippen molar-refractivity contribution < 1.29 is 14.3 Å². The summed E-state index contributed by atoms with van der Waals surface area (Å²) >= 11 is 5.91. The van der Waals surface area contributed by atoms with Crippen molar-refractivity contribution in [3.8, 4) is 11.5 Å². The second kappa shape index (κ2) is 10.7. The van der Waals surface area contributed by atoms with E-state index in [1.165, 1.54) is 5.56 Å². The molecule has 0 bridgehead atoms. The summed E-state index contributed by atoms with van der Waals surface area (Å²) < 4.78 is 11.2. The van der Waals surface area contributed by atoms with Gasteiger partial charge in [0.2, 0.25) is 0 Å². The number of methoxy groups -OCH3 is 1. The van der Waals surface area contributed by atoms with Crippen LogP contribution in [-0.4, -0.2) is 19.1 Å². The molecular formula is C25H26ClNO3. The van der Waals surface area contributed by atoms with Crippen LogP contribution in [0.2, 0.25) is 5.02 Å². The van der Waals surface area contributed by atoms with Gasteiger partial charge in [0.25, 0.3) is 5.91 Å². The van der Waals surface area contributed by atoms with Crippen molar-refractivity contribution in [2.75, 3.05) is 7.11 Å². The first-order valence-electron chi connectivity index (χ1n) is 9.95. The van der Waals surface area contributed by atoms with Crippen LogP contribution in [0.3, 0.4) is 0 Å². The third-order valence-electron chi connectivity index (χ3n) is 4.84. The number of aryl methyl sites for hydroxylation is 1. The maximum absolute atomic E-state index is 12.7. The van der Waals surface area contributed by atoms with Gasteiger partial charge in [0.05, 0.1) is 7.11 Å².